The molecule has 4 rings (SSSR count). The van der Waals surface area contributed by atoms with Crippen LogP contribution in [-0.4, -0.2) is 50.9 Å². The lowest BCUT2D eigenvalue weighted by atomic mass is 10.1. The molecule has 1 unspecified atom stereocenters. The van der Waals surface area contributed by atoms with Crippen LogP contribution in [0, 0.1) is 6.92 Å². The number of nitrogens with one attached hydrogen (secondary N) is 1. The van der Waals surface area contributed by atoms with Crippen molar-refractivity contribution in [3.8, 4) is 5.75 Å². The third kappa shape index (κ3) is 8.02. The van der Waals surface area contributed by atoms with Crippen molar-refractivity contribution in [3.63, 3.8) is 0 Å². The van der Waals surface area contributed by atoms with Crippen molar-refractivity contribution >= 4 is 50.7 Å². The first-order valence-electron chi connectivity index (χ1n) is 14.3. The van der Waals surface area contributed by atoms with Gasteiger partial charge in [-0.25, -0.2) is 8.42 Å². The van der Waals surface area contributed by atoms with Crippen molar-refractivity contribution in [2.24, 2.45) is 0 Å². The van der Waals surface area contributed by atoms with E-state index in [9.17, 15) is 18.0 Å². The molecule has 0 heterocycles. The number of carbonyl (C=O) groups excluding carboxylic acids is 2. The van der Waals surface area contributed by atoms with Gasteiger partial charge in [0.2, 0.25) is 11.8 Å². The van der Waals surface area contributed by atoms with E-state index in [2.05, 4.69) is 5.32 Å². The van der Waals surface area contributed by atoms with Gasteiger partial charge in [-0.3, -0.25) is 13.9 Å². The van der Waals surface area contributed by atoms with Crippen LogP contribution in [0.4, 0.5) is 5.69 Å². The Balaban J connectivity index is 1.73. The predicted octanol–water partition coefficient (Wildman–Crippen LogP) is 6.37. The summed E-state index contributed by atoms with van der Waals surface area (Å²) < 4.78 is 34.3. The molecule has 1 fully saturated rings. The number of aryl methyl sites for hydroxylation is 1. The fourth-order valence-electron chi connectivity index (χ4n) is 5.24. The molecule has 0 spiro atoms. The second kappa shape index (κ2) is 14.5. The molecule has 1 aliphatic rings. The molecular weight excluding hydrogens is 609 g/mol. The molecule has 43 heavy (non-hydrogen) atoms. The molecule has 1 atom stereocenters. The van der Waals surface area contributed by atoms with Gasteiger partial charge >= 0.3 is 0 Å². The molecule has 1 N–H and O–H groups in total. The van der Waals surface area contributed by atoms with Gasteiger partial charge in [0.25, 0.3) is 10.0 Å². The van der Waals surface area contributed by atoms with Gasteiger partial charge in [-0.1, -0.05) is 66.7 Å². The number of benzene rings is 3. The summed E-state index contributed by atoms with van der Waals surface area (Å²) in [5, 5.41) is 3.89. The zero-order valence-electron chi connectivity index (χ0n) is 24.6. The van der Waals surface area contributed by atoms with Gasteiger partial charge in [0.15, 0.2) is 0 Å². The first kappa shape index (κ1) is 32.6. The van der Waals surface area contributed by atoms with Gasteiger partial charge in [0.05, 0.1) is 17.7 Å². The van der Waals surface area contributed by atoms with E-state index in [1.54, 1.807) is 54.6 Å². The summed E-state index contributed by atoms with van der Waals surface area (Å²) in [6, 6.07) is 17.0. The molecular formula is C32H37Cl2N3O5S. The van der Waals surface area contributed by atoms with E-state index in [4.69, 9.17) is 27.9 Å². The van der Waals surface area contributed by atoms with Crippen LogP contribution >= 0.6 is 23.2 Å². The van der Waals surface area contributed by atoms with Crippen molar-refractivity contribution in [2.75, 3.05) is 18.0 Å². The largest absolute Gasteiger partial charge is 0.497 e. The van der Waals surface area contributed by atoms with Crippen molar-refractivity contribution in [2.45, 2.75) is 69.5 Å². The number of amides is 2. The number of ether oxygens (including phenoxy) is 1. The Kier molecular flexibility index (Phi) is 11.0. The third-order valence-electron chi connectivity index (χ3n) is 7.69. The van der Waals surface area contributed by atoms with Gasteiger partial charge in [-0.2, -0.15) is 0 Å². The van der Waals surface area contributed by atoms with E-state index >= 15 is 0 Å². The first-order chi connectivity index (χ1) is 20.5. The molecule has 1 saturated carbocycles. The lowest BCUT2D eigenvalue weighted by Gasteiger charge is -2.34. The summed E-state index contributed by atoms with van der Waals surface area (Å²) in [6.45, 7) is 3.18. The number of anilines is 1. The fraction of sp³-hybridized carbons (Fsp3) is 0.375. The van der Waals surface area contributed by atoms with Crippen LogP contribution in [0.1, 0.15) is 50.2 Å². The van der Waals surface area contributed by atoms with Crippen LogP contribution < -0.4 is 14.4 Å². The minimum Gasteiger partial charge on any atom is -0.497 e. The van der Waals surface area contributed by atoms with Crippen LogP contribution in [-0.2, 0) is 26.2 Å². The third-order valence-corrected chi connectivity index (χ3v) is 10.1. The maximum atomic E-state index is 14.2. The van der Waals surface area contributed by atoms with Crippen molar-refractivity contribution in [3.05, 3.63) is 87.9 Å². The fourth-order valence-corrected chi connectivity index (χ4v) is 7.12. The van der Waals surface area contributed by atoms with E-state index in [1.807, 2.05) is 13.8 Å². The SMILES string of the molecule is CCC(C(=O)NC1CCCC1)N(Cc1ccc(Cl)cc1Cl)C(=O)CN(c1ccc(C)cc1)S(=O)(=O)c1ccc(OC)cc1. The maximum Gasteiger partial charge on any atom is 0.264 e. The van der Waals surface area contributed by atoms with Gasteiger partial charge in [0, 0.05) is 22.6 Å². The summed E-state index contributed by atoms with van der Waals surface area (Å²) in [5.41, 5.74) is 1.85. The number of hydrogen-bond acceptors (Lipinski definition) is 5. The second-order valence-electron chi connectivity index (χ2n) is 10.7. The molecule has 11 heteroatoms. The Hall–Kier alpha value is -3.27. The summed E-state index contributed by atoms with van der Waals surface area (Å²) >= 11 is 12.6. The zero-order valence-corrected chi connectivity index (χ0v) is 26.9. The average Bonchev–Trinajstić information content (AvgIpc) is 3.50. The molecule has 0 saturated heterocycles. The molecule has 2 amide bonds. The molecule has 0 aliphatic heterocycles. The number of rotatable bonds is 12. The number of hydrogen-bond donors (Lipinski definition) is 1. The second-order valence-corrected chi connectivity index (χ2v) is 13.4. The zero-order chi connectivity index (χ0) is 31.1. The monoisotopic (exact) mass is 645 g/mol. The normalized spacial score (nSPS) is 14.3. The van der Waals surface area contributed by atoms with E-state index in [-0.39, 0.29) is 23.4 Å². The Labute approximate surface area is 264 Å². The molecule has 3 aromatic rings. The molecule has 3 aromatic carbocycles. The highest BCUT2D eigenvalue weighted by atomic mass is 35.5. The standard InChI is InChI=1S/C32H37Cl2N3O5S/c1-4-30(32(39)35-25-7-5-6-8-25)36(20-23-11-12-24(33)19-29(23)34)31(38)21-37(26-13-9-22(2)10-14-26)43(40,41)28-17-15-27(42-3)16-18-28/h9-19,25,30H,4-8,20-21H2,1-3H3,(H,35,39). The van der Waals surface area contributed by atoms with Crippen LogP contribution in [0.25, 0.3) is 0 Å². The Morgan fingerprint density at radius 2 is 1.65 bits per heavy atom. The number of sulfonamides is 1. The minimum absolute atomic E-state index is 0.0000105. The van der Waals surface area contributed by atoms with Gasteiger partial charge in [-0.15, -0.1) is 0 Å². The minimum atomic E-state index is -4.19. The van der Waals surface area contributed by atoms with Crippen molar-refractivity contribution in [1.29, 1.82) is 0 Å². The summed E-state index contributed by atoms with van der Waals surface area (Å²) in [4.78, 5) is 29.2. The smallest absolute Gasteiger partial charge is 0.264 e. The van der Waals surface area contributed by atoms with Crippen LogP contribution in [0.5, 0.6) is 5.75 Å². The average molecular weight is 647 g/mol. The highest BCUT2D eigenvalue weighted by Gasteiger charge is 2.35. The summed E-state index contributed by atoms with van der Waals surface area (Å²) in [5.74, 6) is -0.313. The van der Waals surface area contributed by atoms with Gasteiger partial charge in [-0.05, 0) is 80.3 Å². The maximum absolute atomic E-state index is 14.2. The first-order valence-corrected chi connectivity index (χ1v) is 16.5. The summed E-state index contributed by atoms with van der Waals surface area (Å²) in [7, 11) is -2.70. The van der Waals surface area contributed by atoms with E-state index in [1.165, 1.54) is 24.1 Å². The molecule has 8 nitrogen and oxygen atoms in total. The van der Waals surface area contributed by atoms with Crippen LogP contribution in [0.15, 0.2) is 71.6 Å². The lowest BCUT2D eigenvalue weighted by molar-refractivity contribution is -0.140. The number of carbonyl (C=O) groups is 2. The van der Waals surface area contributed by atoms with Gasteiger partial charge < -0.3 is 15.0 Å². The Morgan fingerprint density at radius 3 is 2.23 bits per heavy atom. The number of methoxy groups -OCH3 is 1. The van der Waals surface area contributed by atoms with Crippen LogP contribution in [0.2, 0.25) is 10.0 Å². The van der Waals surface area contributed by atoms with Crippen molar-refractivity contribution in [1.82, 2.24) is 10.2 Å². The van der Waals surface area contributed by atoms with Crippen molar-refractivity contribution < 1.29 is 22.7 Å². The molecule has 1 aliphatic carbocycles. The van der Waals surface area contributed by atoms with Gasteiger partial charge in [0.1, 0.15) is 18.3 Å². The lowest BCUT2D eigenvalue weighted by Crippen LogP contribution is -2.53. The highest BCUT2D eigenvalue weighted by Crippen LogP contribution is 2.28. The van der Waals surface area contributed by atoms with E-state index in [0.29, 0.717) is 33.5 Å². The quantitative estimate of drug-likeness (QED) is 0.247. The van der Waals surface area contributed by atoms with E-state index < -0.39 is 28.5 Å². The predicted molar refractivity (Wildman–Crippen MR) is 170 cm³/mol. The topological polar surface area (TPSA) is 96.0 Å². The molecule has 0 bridgehead atoms. The van der Waals surface area contributed by atoms with E-state index in [0.717, 1.165) is 35.6 Å². The van der Waals surface area contributed by atoms with Crippen LogP contribution in [0.3, 0.4) is 0 Å². The Bertz CT molecular complexity index is 1530. The number of nitrogens with zero attached hydrogens (tertiary/aromatic N) is 2. The highest BCUT2D eigenvalue weighted by molar-refractivity contribution is 7.92. The Morgan fingerprint density at radius 1 is 1.00 bits per heavy atom. The number of halogens is 2. The summed E-state index contributed by atoms with van der Waals surface area (Å²) in [6.07, 6.45) is 4.19. The molecule has 0 radical (unpaired) electrons. The molecule has 0 aromatic heterocycles. The molecule has 230 valence electrons.